The zero-order valence-electron chi connectivity index (χ0n) is 11.3. The van der Waals surface area contributed by atoms with E-state index in [1.807, 2.05) is 19.2 Å². The summed E-state index contributed by atoms with van der Waals surface area (Å²) in [6.07, 6.45) is 2.77. The molecule has 0 bridgehead atoms. The third-order valence-corrected chi connectivity index (χ3v) is 5.08. The van der Waals surface area contributed by atoms with Crippen LogP contribution in [0.4, 0.5) is 5.69 Å². The first kappa shape index (κ1) is 13.5. The summed E-state index contributed by atoms with van der Waals surface area (Å²) >= 11 is 3.56. The van der Waals surface area contributed by atoms with Crippen LogP contribution >= 0.6 is 22.7 Å². The lowest BCUT2D eigenvalue weighted by molar-refractivity contribution is 0.747. The molecular formula is C15H17N3S2. The van der Waals surface area contributed by atoms with Crippen molar-refractivity contribution in [2.75, 3.05) is 5.32 Å². The van der Waals surface area contributed by atoms with Gasteiger partial charge in [0.1, 0.15) is 0 Å². The first-order valence-electron chi connectivity index (χ1n) is 6.61. The molecule has 0 amide bonds. The van der Waals surface area contributed by atoms with Gasteiger partial charge < -0.3 is 11.1 Å². The van der Waals surface area contributed by atoms with E-state index in [2.05, 4.69) is 33.9 Å². The van der Waals surface area contributed by atoms with Gasteiger partial charge in [-0.1, -0.05) is 6.07 Å². The zero-order chi connectivity index (χ0) is 13.9. The Morgan fingerprint density at radius 1 is 1.35 bits per heavy atom. The summed E-state index contributed by atoms with van der Waals surface area (Å²) in [5, 5.41) is 5.61. The van der Waals surface area contributed by atoms with Crippen molar-refractivity contribution in [1.29, 1.82) is 0 Å². The van der Waals surface area contributed by atoms with E-state index in [-0.39, 0.29) is 6.04 Å². The van der Waals surface area contributed by atoms with Crippen LogP contribution in [0.15, 0.2) is 35.8 Å². The van der Waals surface area contributed by atoms with E-state index in [9.17, 15) is 0 Å². The molecule has 3 aromatic rings. The minimum atomic E-state index is 0.186. The van der Waals surface area contributed by atoms with Crippen LogP contribution in [0.25, 0.3) is 10.2 Å². The van der Waals surface area contributed by atoms with E-state index in [1.54, 1.807) is 22.7 Å². The number of aromatic nitrogens is 1. The number of hydrogen-bond acceptors (Lipinski definition) is 5. The summed E-state index contributed by atoms with van der Waals surface area (Å²) < 4.78 is 1.22. The molecule has 20 heavy (non-hydrogen) atoms. The highest BCUT2D eigenvalue weighted by molar-refractivity contribution is 7.19. The largest absolute Gasteiger partial charge is 0.379 e. The standard InChI is InChI=1S/C15H17N3S2/c1-10(16)7-12-8-14-15(20-12)13(4-5-17-14)18-9-11-3-2-6-19-11/h2-6,8,10H,7,9,16H2,1H3,(H,17,18)/t10-/m0/s1. The van der Waals surface area contributed by atoms with Gasteiger partial charge in [-0.05, 0) is 36.9 Å². The number of rotatable bonds is 5. The maximum Gasteiger partial charge on any atom is 0.0833 e. The van der Waals surface area contributed by atoms with Crippen LogP contribution in [0, 0.1) is 0 Å². The molecule has 3 N–H and O–H groups in total. The molecule has 3 rings (SSSR count). The van der Waals surface area contributed by atoms with Gasteiger partial charge in [0.25, 0.3) is 0 Å². The smallest absolute Gasteiger partial charge is 0.0833 e. The molecule has 0 aliphatic rings. The van der Waals surface area contributed by atoms with E-state index in [0.717, 1.165) is 24.2 Å². The number of nitrogens with zero attached hydrogens (tertiary/aromatic N) is 1. The molecule has 0 radical (unpaired) electrons. The van der Waals surface area contributed by atoms with Crippen molar-refractivity contribution >= 4 is 38.6 Å². The highest BCUT2D eigenvalue weighted by Crippen LogP contribution is 2.31. The lowest BCUT2D eigenvalue weighted by Crippen LogP contribution is -2.16. The van der Waals surface area contributed by atoms with Gasteiger partial charge in [0, 0.05) is 28.5 Å². The predicted octanol–water partition coefficient (Wildman–Crippen LogP) is 3.86. The number of nitrogens with two attached hydrogens (primary N) is 1. The first-order chi connectivity index (χ1) is 9.72. The highest BCUT2D eigenvalue weighted by Gasteiger charge is 2.09. The Hall–Kier alpha value is -1.43. The average molecular weight is 303 g/mol. The van der Waals surface area contributed by atoms with Crippen LogP contribution in [0.5, 0.6) is 0 Å². The van der Waals surface area contributed by atoms with Crippen LogP contribution in [0.3, 0.4) is 0 Å². The molecule has 3 aromatic heterocycles. The van der Waals surface area contributed by atoms with Crippen molar-refractivity contribution < 1.29 is 0 Å². The van der Waals surface area contributed by atoms with Gasteiger partial charge in [-0.15, -0.1) is 22.7 Å². The Labute approximate surface area is 126 Å². The van der Waals surface area contributed by atoms with Crippen LogP contribution < -0.4 is 11.1 Å². The van der Waals surface area contributed by atoms with E-state index >= 15 is 0 Å². The molecule has 0 aliphatic carbocycles. The van der Waals surface area contributed by atoms with Crippen molar-refractivity contribution in [3.05, 3.63) is 45.6 Å². The molecule has 3 heterocycles. The number of nitrogens with one attached hydrogen (secondary N) is 1. The monoisotopic (exact) mass is 303 g/mol. The van der Waals surface area contributed by atoms with E-state index in [4.69, 9.17) is 5.73 Å². The highest BCUT2D eigenvalue weighted by atomic mass is 32.1. The van der Waals surface area contributed by atoms with Gasteiger partial charge in [0.2, 0.25) is 0 Å². The fourth-order valence-electron chi connectivity index (χ4n) is 2.14. The molecule has 0 saturated carbocycles. The molecule has 0 saturated heterocycles. The minimum absolute atomic E-state index is 0.186. The second-order valence-corrected chi connectivity index (χ2v) is 7.07. The SMILES string of the molecule is C[C@H](N)Cc1cc2nccc(NCc3cccs3)c2s1. The first-order valence-corrected chi connectivity index (χ1v) is 8.31. The van der Waals surface area contributed by atoms with Crippen molar-refractivity contribution in [1.82, 2.24) is 4.98 Å². The topological polar surface area (TPSA) is 50.9 Å². The number of hydrogen-bond donors (Lipinski definition) is 2. The Morgan fingerprint density at radius 2 is 2.25 bits per heavy atom. The normalized spacial score (nSPS) is 12.7. The van der Waals surface area contributed by atoms with Gasteiger partial charge in [0.15, 0.2) is 0 Å². The van der Waals surface area contributed by atoms with Crippen LogP contribution in [0.2, 0.25) is 0 Å². The maximum atomic E-state index is 5.88. The third-order valence-electron chi connectivity index (χ3n) is 3.02. The molecule has 0 aromatic carbocycles. The molecular weight excluding hydrogens is 286 g/mol. The van der Waals surface area contributed by atoms with Crippen LogP contribution in [0.1, 0.15) is 16.7 Å². The van der Waals surface area contributed by atoms with E-state index in [1.165, 1.54) is 14.5 Å². The van der Waals surface area contributed by atoms with Crippen LogP contribution in [-0.4, -0.2) is 11.0 Å². The minimum Gasteiger partial charge on any atom is -0.379 e. The molecule has 5 heteroatoms. The second-order valence-electron chi connectivity index (χ2n) is 4.90. The summed E-state index contributed by atoms with van der Waals surface area (Å²) in [6, 6.07) is 8.61. The Morgan fingerprint density at radius 3 is 3.00 bits per heavy atom. The molecule has 1 atom stereocenters. The quantitative estimate of drug-likeness (QED) is 0.752. The fourth-order valence-corrected chi connectivity index (χ4v) is 4.03. The number of anilines is 1. The summed E-state index contributed by atoms with van der Waals surface area (Å²) in [7, 11) is 0. The van der Waals surface area contributed by atoms with Crippen molar-refractivity contribution in [3.63, 3.8) is 0 Å². The van der Waals surface area contributed by atoms with Gasteiger partial charge in [-0.3, -0.25) is 4.98 Å². The molecule has 3 nitrogen and oxygen atoms in total. The zero-order valence-corrected chi connectivity index (χ0v) is 12.9. The number of pyridine rings is 1. The van der Waals surface area contributed by atoms with Gasteiger partial charge >= 0.3 is 0 Å². The third kappa shape index (κ3) is 3.00. The lowest BCUT2D eigenvalue weighted by Gasteiger charge is -2.05. The van der Waals surface area contributed by atoms with Crippen molar-refractivity contribution in [2.45, 2.75) is 25.9 Å². The van der Waals surface area contributed by atoms with Gasteiger partial charge in [-0.25, -0.2) is 0 Å². The van der Waals surface area contributed by atoms with Crippen molar-refractivity contribution in [3.8, 4) is 0 Å². The second kappa shape index (κ2) is 5.91. The van der Waals surface area contributed by atoms with E-state index < -0.39 is 0 Å². The lowest BCUT2D eigenvalue weighted by atomic mass is 10.2. The van der Waals surface area contributed by atoms with E-state index in [0.29, 0.717) is 0 Å². The summed E-state index contributed by atoms with van der Waals surface area (Å²) in [4.78, 5) is 7.08. The Bertz CT molecular complexity index is 686. The summed E-state index contributed by atoms with van der Waals surface area (Å²) in [6.45, 7) is 2.89. The number of thiophene rings is 2. The maximum absolute atomic E-state index is 5.88. The summed E-state index contributed by atoms with van der Waals surface area (Å²) in [5.74, 6) is 0. The Kier molecular flexibility index (Phi) is 4.00. The fraction of sp³-hybridized carbons (Fsp3) is 0.267. The number of fused-ring (bicyclic) bond motifs is 1. The average Bonchev–Trinajstić information content (AvgIpc) is 3.03. The molecule has 0 unspecified atom stereocenters. The van der Waals surface area contributed by atoms with Crippen molar-refractivity contribution in [2.24, 2.45) is 5.73 Å². The molecule has 0 aliphatic heterocycles. The van der Waals surface area contributed by atoms with Crippen LogP contribution in [-0.2, 0) is 13.0 Å². The molecule has 0 fully saturated rings. The molecule has 104 valence electrons. The van der Waals surface area contributed by atoms with Gasteiger partial charge in [-0.2, -0.15) is 0 Å². The summed E-state index contributed by atoms with van der Waals surface area (Å²) in [5.41, 5.74) is 8.09. The molecule has 0 spiro atoms. The Balaban J connectivity index is 1.84. The predicted molar refractivity (Wildman–Crippen MR) is 88.6 cm³/mol. The van der Waals surface area contributed by atoms with Gasteiger partial charge in [0.05, 0.1) is 15.9 Å².